The van der Waals surface area contributed by atoms with Gasteiger partial charge in [-0.2, -0.15) is 0 Å². The number of carbonyl (C=O) groups is 1. The molecule has 2 atom stereocenters. The summed E-state index contributed by atoms with van der Waals surface area (Å²) in [5.74, 6) is 0. The van der Waals surface area contributed by atoms with Gasteiger partial charge in [0, 0.05) is 4.88 Å². The number of urea groups is 1. The molecule has 0 aliphatic carbocycles. The summed E-state index contributed by atoms with van der Waals surface area (Å²) in [7, 11) is 0. The Bertz CT molecular complexity index is 381. The average Bonchev–Trinajstić information content (AvgIpc) is 2.85. The third kappa shape index (κ3) is 4.84. The molecule has 0 bridgehead atoms. The third-order valence-corrected chi connectivity index (χ3v) is 3.95. The monoisotopic (exact) mass is 284 g/mol. The highest BCUT2D eigenvalue weighted by atomic mass is 32.1. The molecule has 0 aliphatic rings. The molecule has 0 radical (unpaired) electrons. The SMILES string of the molecule is CCC(CO)NC(=O)NC(c1cccs1)C(C)(C)C. The highest BCUT2D eigenvalue weighted by Gasteiger charge is 2.28. The molecule has 0 saturated carbocycles. The van der Waals surface area contributed by atoms with Crippen LogP contribution in [0.3, 0.4) is 0 Å². The number of hydrogen-bond donors (Lipinski definition) is 3. The van der Waals surface area contributed by atoms with E-state index in [1.165, 1.54) is 0 Å². The minimum atomic E-state index is -0.228. The van der Waals surface area contributed by atoms with Crippen molar-refractivity contribution in [3.05, 3.63) is 22.4 Å². The zero-order chi connectivity index (χ0) is 14.5. The van der Waals surface area contributed by atoms with Crippen molar-refractivity contribution in [1.29, 1.82) is 0 Å². The molecule has 5 heteroatoms. The summed E-state index contributed by atoms with van der Waals surface area (Å²) in [6.07, 6.45) is 0.711. The number of carbonyl (C=O) groups excluding carboxylic acids is 1. The molecule has 1 heterocycles. The normalized spacial score (nSPS) is 14.8. The Morgan fingerprint density at radius 2 is 2.11 bits per heavy atom. The number of aliphatic hydroxyl groups is 1. The molecule has 1 rings (SSSR count). The number of aliphatic hydroxyl groups excluding tert-OH is 1. The standard InChI is InChI=1S/C14H24N2O2S/c1-5-10(9-17)15-13(18)16-12(14(2,3)4)11-7-6-8-19-11/h6-8,10,12,17H,5,9H2,1-4H3,(H2,15,16,18). The van der Waals surface area contributed by atoms with Gasteiger partial charge in [-0.05, 0) is 23.3 Å². The van der Waals surface area contributed by atoms with Crippen LogP contribution in [0.5, 0.6) is 0 Å². The maximum absolute atomic E-state index is 12.0. The van der Waals surface area contributed by atoms with Crippen LogP contribution in [-0.4, -0.2) is 23.8 Å². The van der Waals surface area contributed by atoms with Gasteiger partial charge in [0.15, 0.2) is 0 Å². The van der Waals surface area contributed by atoms with Crippen molar-refractivity contribution in [2.75, 3.05) is 6.61 Å². The first-order valence-electron chi connectivity index (χ1n) is 6.59. The van der Waals surface area contributed by atoms with Gasteiger partial charge in [-0.15, -0.1) is 11.3 Å². The lowest BCUT2D eigenvalue weighted by Crippen LogP contribution is -2.47. The predicted molar refractivity (Wildman–Crippen MR) is 79.3 cm³/mol. The van der Waals surface area contributed by atoms with E-state index in [0.29, 0.717) is 6.42 Å². The Labute approximate surface area is 119 Å². The van der Waals surface area contributed by atoms with Gasteiger partial charge in [0.05, 0.1) is 18.7 Å². The Hall–Kier alpha value is -1.07. The van der Waals surface area contributed by atoms with Crippen LogP contribution in [0.2, 0.25) is 0 Å². The van der Waals surface area contributed by atoms with E-state index in [9.17, 15) is 4.79 Å². The summed E-state index contributed by atoms with van der Waals surface area (Å²) in [5.41, 5.74) is -0.0663. The van der Waals surface area contributed by atoms with Crippen molar-refractivity contribution in [3.8, 4) is 0 Å². The van der Waals surface area contributed by atoms with Gasteiger partial charge in [-0.25, -0.2) is 4.79 Å². The second-order valence-corrected chi connectivity index (χ2v) is 6.70. The second kappa shape index (κ2) is 6.91. The molecule has 4 nitrogen and oxygen atoms in total. The van der Waals surface area contributed by atoms with E-state index in [-0.39, 0.29) is 30.1 Å². The fourth-order valence-corrected chi connectivity index (χ4v) is 2.82. The van der Waals surface area contributed by atoms with Crippen molar-refractivity contribution < 1.29 is 9.90 Å². The highest BCUT2D eigenvalue weighted by molar-refractivity contribution is 7.10. The van der Waals surface area contributed by atoms with Gasteiger partial charge < -0.3 is 15.7 Å². The molecule has 1 aromatic heterocycles. The highest BCUT2D eigenvalue weighted by Crippen LogP contribution is 2.34. The van der Waals surface area contributed by atoms with Crippen molar-refractivity contribution in [2.24, 2.45) is 5.41 Å². The predicted octanol–water partition coefficient (Wildman–Crippen LogP) is 2.91. The number of rotatable bonds is 5. The van der Waals surface area contributed by atoms with Crippen LogP contribution in [-0.2, 0) is 0 Å². The molecule has 0 aliphatic heterocycles. The molecule has 1 aromatic rings. The van der Waals surface area contributed by atoms with E-state index in [2.05, 4.69) is 31.4 Å². The van der Waals surface area contributed by atoms with Gasteiger partial charge in [-0.1, -0.05) is 33.8 Å². The number of thiophene rings is 1. The lowest BCUT2D eigenvalue weighted by Gasteiger charge is -2.31. The molecule has 19 heavy (non-hydrogen) atoms. The van der Waals surface area contributed by atoms with Gasteiger partial charge in [0.2, 0.25) is 0 Å². The summed E-state index contributed by atoms with van der Waals surface area (Å²) in [6.45, 7) is 8.19. The summed E-state index contributed by atoms with van der Waals surface area (Å²) >= 11 is 1.64. The summed E-state index contributed by atoms with van der Waals surface area (Å²) in [6, 6.07) is 3.56. The summed E-state index contributed by atoms with van der Waals surface area (Å²) in [5, 5.41) is 16.9. The van der Waals surface area contributed by atoms with Crippen molar-refractivity contribution in [2.45, 2.75) is 46.2 Å². The fourth-order valence-electron chi connectivity index (χ4n) is 1.80. The van der Waals surface area contributed by atoms with E-state index in [4.69, 9.17) is 5.11 Å². The van der Waals surface area contributed by atoms with Crippen molar-refractivity contribution in [3.63, 3.8) is 0 Å². The van der Waals surface area contributed by atoms with E-state index >= 15 is 0 Å². The minimum Gasteiger partial charge on any atom is -0.394 e. The number of amides is 2. The Balaban J connectivity index is 2.72. The van der Waals surface area contributed by atoms with Crippen LogP contribution in [0.15, 0.2) is 17.5 Å². The van der Waals surface area contributed by atoms with E-state index in [0.717, 1.165) is 4.88 Å². The molecule has 2 amide bonds. The van der Waals surface area contributed by atoms with Gasteiger partial charge in [-0.3, -0.25) is 0 Å². The molecule has 0 aromatic carbocycles. The third-order valence-electron chi connectivity index (χ3n) is 3.02. The molecule has 0 saturated heterocycles. The van der Waals surface area contributed by atoms with Crippen molar-refractivity contribution in [1.82, 2.24) is 10.6 Å². The zero-order valence-electron chi connectivity index (χ0n) is 12.1. The number of nitrogens with one attached hydrogen (secondary N) is 2. The zero-order valence-corrected chi connectivity index (χ0v) is 12.9. The van der Waals surface area contributed by atoms with Gasteiger partial charge >= 0.3 is 6.03 Å². The smallest absolute Gasteiger partial charge is 0.315 e. The molecular weight excluding hydrogens is 260 g/mol. The van der Waals surface area contributed by atoms with E-state index in [1.807, 2.05) is 24.4 Å². The quantitative estimate of drug-likeness (QED) is 0.778. The first kappa shape index (κ1) is 16.0. The maximum atomic E-state index is 12.0. The topological polar surface area (TPSA) is 61.4 Å². The molecule has 2 unspecified atom stereocenters. The fraction of sp³-hybridized carbons (Fsp3) is 0.643. The van der Waals surface area contributed by atoms with Crippen LogP contribution >= 0.6 is 11.3 Å². The maximum Gasteiger partial charge on any atom is 0.315 e. The first-order chi connectivity index (χ1) is 8.88. The van der Waals surface area contributed by atoms with Crippen molar-refractivity contribution >= 4 is 17.4 Å². The number of hydrogen-bond acceptors (Lipinski definition) is 3. The lowest BCUT2D eigenvalue weighted by atomic mass is 9.86. The van der Waals surface area contributed by atoms with E-state index in [1.54, 1.807) is 11.3 Å². The van der Waals surface area contributed by atoms with Crippen LogP contribution in [0, 0.1) is 5.41 Å². The van der Waals surface area contributed by atoms with Crippen LogP contribution in [0.25, 0.3) is 0 Å². The van der Waals surface area contributed by atoms with E-state index < -0.39 is 0 Å². The Morgan fingerprint density at radius 1 is 1.42 bits per heavy atom. The lowest BCUT2D eigenvalue weighted by molar-refractivity contribution is 0.201. The average molecular weight is 284 g/mol. The molecular formula is C14H24N2O2S. The second-order valence-electron chi connectivity index (χ2n) is 5.72. The molecule has 3 N–H and O–H groups in total. The summed E-state index contributed by atoms with van der Waals surface area (Å²) in [4.78, 5) is 13.1. The van der Waals surface area contributed by atoms with Gasteiger partial charge in [0.25, 0.3) is 0 Å². The Kier molecular flexibility index (Phi) is 5.82. The van der Waals surface area contributed by atoms with Gasteiger partial charge in [0.1, 0.15) is 0 Å². The summed E-state index contributed by atoms with van der Waals surface area (Å²) < 4.78 is 0. The minimum absolute atomic E-state index is 0.0382. The molecule has 0 fully saturated rings. The molecule has 0 spiro atoms. The van der Waals surface area contributed by atoms with Crippen LogP contribution in [0.4, 0.5) is 4.79 Å². The van der Waals surface area contributed by atoms with Crippen LogP contribution < -0.4 is 10.6 Å². The Morgan fingerprint density at radius 3 is 2.53 bits per heavy atom. The van der Waals surface area contributed by atoms with Crippen LogP contribution in [0.1, 0.15) is 45.0 Å². The largest absolute Gasteiger partial charge is 0.394 e. The molecule has 108 valence electrons. The first-order valence-corrected chi connectivity index (χ1v) is 7.47.